The predicted molar refractivity (Wildman–Crippen MR) is 55.2 cm³/mol. The number of halogens is 1. The Morgan fingerprint density at radius 3 is 3.07 bits per heavy atom. The van der Waals surface area contributed by atoms with Crippen molar-refractivity contribution in [3.63, 3.8) is 0 Å². The molecule has 0 aromatic heterocycles. The third-order valence-electron chi connectivity index (χ3n) is 2.45. The summed E-state index contributed by atoms with van der Waals surface area (Å²) in [7, 11) is 0. The van der Waals surface area contributed by atoms with E-state index >= 15 is 0 Å². The van der Waals surface area contributed by atoms with Crippen LogP contribution >= 0.6 is 0 Å². The van der Waals surface area contributed by atoms with Crippen LogP contribution in [0.1, 0.15) is 6.42 Å². The maximum Gasteiger partial charge on any atom is 0.167 e. The second-order valence-electron chi connectivity index (χ2n) is 3.73. The number of nitrogens with two attached hydrogens (primary N) is 1. The summed E-state index contributed by atoms with van der Waals surface area (Å²) < 4.78 is 23.9. The van der Waals surface area contributed by atoms with Crippen LogP contribution in [0.5, 0.6) is 5.75 Å². The predicted octanol–water partition coefficient (Wildman–Crippen LogP) is 1.82. The molecule has 1 fully saturated rings. The van der Waals surface area contributed by atoms with E-state index in [2.05, 4.69) is 0 Å². The number of ether oxygens (including phenoxy) is 2. The smallest absolute Gasteiger partial charge is 0.167 e. The van der Waals surface area contributed by atoms with Crippen LogP contribution in [0, 0.1) is 11.7 Å². The zero-order valence-electron chi connectivity index (χ0n) is 8.41. The van der Waals surface area contributed by atoms with Gasteiger partial charge in [0.1, 0.15) is 0 Å². The van der Waals surface area contributed by atoms with Gasteiger partial charge in [0, 0.05) is 24.3 Å². The monoisotopic (exact) mass is 211 g/mol. The van der Waals surface area contributed by atoms with Gasteiger partial charge in [0.2, 0.25) is 0 Å². The number of hydrogen-bond acceptors (Lipinski definition) is 3. The first-order valence-electron chi connectivity index (χ1n) is 5.01. The minimum atomic E-state index is -0.408. The van der Waals surface area contributed by atoms with Gasteiger partial charge in [0.15, 0.2) is 11.6 Å². The van der Waals surface area contributed by atoms with Crippen molar-refractivity contribution >= 4 is 5.69 Å². The lowest BCUT2D eigenvalue weighted by Crippen LogP contribution is -2.12. The molecule has 1 atom stereocenters. The van der Waals surface area contributed by atoms with Crippen LogP contribution in [0.4, 0.5) is 10.1 Å². The fourth-order valence-corrected chi connectivity index (χ4v) is 1.56. The Kier molecular flexibility index (Phi) is 3.06. The highest BCUT2D eigenvalue weighted by atomic mass is 19.1. The van der Waals surface area contributed by atoms with E-state index in [0.717, 1.165) is 13.0 Å². The molecule has 0 radical (unpaired) electrons. The number of hydrogen-bond donors (Lipinski definition) is 1. The van der Waals surface area contributed by atoms with E-state index in [9.17, 15) is 4.39 Å². The SMILES string of the molecule is Nc1ccc(OCC2CCOC2)c(F)c1. The number of benzene rings is 1. The third kappa shape index (κ3) is 2.59. The van der Waals surface area contributed by atoms with Crippen molar-refractivity contribution in [3.8, 4) is 5.75 Å². The first-order chi connectivity index (χ1) is 7.25. The van der Waals surface area contributed by atoms with Crippen molar-refractivity contribution in [2.24, 2.45) is 5.92 Å². The van der Waals surface area contributed by atoms with Gasteiger partial charge in [-0.1, -0.05) is 0 Å². The van der Waals surface area contributed by atoms with E-state index in [4.69, 9.17) is 15.2 Å². The summed E-state index contributed by atoms with van der Waals surface area (Å²) >= 11 is 0. The summed E-state index contributed by atoms with van der Waals surface area (Å²) in [6.07, 6.45) is 0.983. The molecule has 1 heterocycles. The summed E-state index contributed by atoms with van der Waals surface area (Å²) in [5, 5.41) is 0. The molecular formula is C11H14FNO2. The maximum atomic E-state index is 13.3. The van der Waals surface area contributed by atoms with E-state index in [1.807, 2.05) is 0 Å². The molecule has 0 amide bonds. The Balaban J connectivity index is 1.92. The summed E-state index contributed by atoms with van der Waals surface area (Å²) in [6, 6.07) is 4.45. The largest absolute Gasteiger partial charge is 0.490 e. The van der Waals surface area contributed by atoms with Crippen molar-refractivity contribution in [2.45, 2.75) is 6.42 Å². The quantitative estimate of drug-likeness (QED) is 0.776. The van der Waals surface area contributed by atoms with E-state index in [-0.39, 0.29) is 5.75 Å². The standard InChI is InChI=1S/C11H14FNO2/c12-10-5-9(13)1-2-11(10)15-7-8-3-4-14-6-8/h1-2,5,8H,3-4,6-7,13H2. The molecule has 1 aliphatic rings. The summed E-state index contributed by atoms with van der Waals surface area (Å²) in [4.78, 5) is 0. The minimum absolute atomic E-state index is 0.260. The Bertz CT molecular complexity index is 337. The third-order valence-corrected chi connectivity index (χ3v) is 2.45. The lowest BCUT2D eigenvalue weighted by Gasteiger charge is -2.11. The van der Waals surface area contributed by atoms with Crippen molar-refractivity contribution in [1.82, 2.24) is 0 Å². The van der Waals surface area contributed by atoms with Crippen molar-refractivity contribution in [3.05, 3.63) is 24.0 Å². The number of rotatable bonds is 3. The molecular weight excluding hydrogens is 197 g/mol. The zero-order valence-corrected chi connectivity index (χ0v) is 8.41. The second kappa shape index (κ2) is 4.49. The zero-order chi connectivity index (χ0) is 10.7. The minimum Gasteiger partial charge on any atom is -0.490 e. The van der Waals surface area contributed by atoms with Crippen LogP contribution in [-0.4, -0.2) is 19.8 Å². The van der Waals surface area contributed by atoms with Gasteiger partial charge in [-0.3, -0.25) is 0 Å². The summed E-state index contributed by atoms with van der Waals surface area (Å²) in [6.45, 7) is 1.98. The van der Waals surface area contributed by atoms with Crippen LogP contribution in [0.2, 0.25) is 0 Å². The van der Waals surface area contributed by atoms with E-state index in [1.165, 1.54) is 6.07 Å². The molecule has 0 saturated carbocycles. The molecule has 3 nitrogen and oxygen atoms in total. The first-order valence-corrected chi connectivity index (χ1v) is 5.01. The van der Waals surface area contributed by atoms with Gasteiger partial charge >= 0.3 is 0 Å². The second-order valence-corrected chi connectivity index (χ2v) is 3.73. The molecule has 1 aromatic rings. The van der Waals surface area contributed by atoms with Gasteiger partial charge in [0.05, 0.1) is 13.2 Å². The molecule has 4 heteroatoms. The van der Waals surface area contributed by atoms with Gasteiger partial charge in [-0.05, 0) is 18.6 Å². The van der Waals surface area contributed by atoms with E-state index < -0.39 is 5.82 Å². The summed E-state index contributed by atoms with van der Waals surface area (Å²) in [5.74, 6) is 0.229. The Morgan fingerprint density at radius 1 is 1.53 bits per heavy atom. The molecule has 1 unspecified atom stereocenters. The van der Waals surface area contributed by atoms with E-state index in [0.29, 0.717) is 24.8 Å². The average Bonchev–Trinajstić information content (AvgIpc) is 2.69. The fourth-order valence-electron chi connectivity index (χ4n) is 1.56. The van der Waals surface area contributed by atoms with E-state index in [1.54, 1.807) is 12.1 Å². The molecule has 0 bridgehead atoms. The van der Waals surface area contributed by atoms with Crippen LogP contribution in [0.3, 0.4) is 0 Å². The average molecular weight is 211 g/mol. The van der Waals surface area contributed by atoms with Crippen molar-refractivity contribution in [1.29, 1.82) is 0 Å². The topological polar surface area (TPSA) is 44.5 Å². The molecule has 82 valence electrons. The van der Waals surface area contributed by atoms with Gasteiger partial charge in [-0.2, -0.15) is 0 Å². The van der Waals surface area contributed by atoms with Gasteiger partial charge in [0.25, 0.3) is 0 Å². The fraction of sp³-hybridized carbons (Fsp3) is 0.455. The molecule has 1 aliphatic heterocycles. The normalized spacial score (nSPS) is 20.5. The molecule has 1 saturated heterocycles. The highest BCUT2D eigenvalue weighted by Crippen LogP contribution is 2.21. The van der Waals surface area contributed by atoms with Gasteiger partial charge < -0.3 is 15.2 Å². The molecule has 1 aromatic carbocycles. The van der Waals surface area contributed by atoms with Crippen molar-refractivity contribution < 1.29 is 13.9 Å². The van der Waals surface area contributed by atoms with Gasteiger partial charge in [-0.25, -0.2) is 4.39 Å². The molecule has 15 heavy (non-hydrogen) atoms. The Hall–Kier alpha value is -1.29. The molecule has 0 spiro atoms. The highest BCUT2D eigenvalue weighted by Gasteiger charge is 2.16. The van der Waals surface area contributed by atoms with Crippen LogP contribution < -0.4 is 10.5 Å². The number of nitrogen functional groups attached to an aromatic ring is 1. The van der Waals surface area contributed by atoms with Crippen LogP contribution in [-0.2, 0) is 4.74 Å². The molecule has 2 rings (SSSR count). The molecule has 0 aliphatic carbocycles. The summed E-state index contributed by atoms with van der Waals surface area (Å²) in [5.41, 5.74) is 5.84. The lowest BCUT2D eigenvalue weighted by atomic mass is 10.1. The Morgan fingerprint density at radius 2 is 2.40 bits per heavy atom. The van der Waals surface area contributed by atoms with Crippen LogP contribution in [0.25, 0.3) is 0 Å². The lowest BCUT2D eigenvalue weighted by molar-refractivity contribution is 0.165. The van der Waals surface area contributed by atoms with Crippen molar-refractivity contribution in [2.75, 3.05) is 25.6 Å². The Labute approximate surface area is 88.0 Å². The maximum absolute atomic E-state index is 13.3. The molecule has 2 N–H and O–H groups in total. The first kappa shape index (κ1) is 10.2. The van der Waals surface area contributed by atoms with Crippen LogP contribution in [0.15, 0.2) is 18.2 Å². The highest BCUT2D eigenvalue weighted by molar-refractivity contribution is 5.42. The number of anilines is 1. The van der Waals surface area contributed by atoms with Gasteiger partial charge in [-0.15, -0.1) is 0 Å².